The minimum absolute atomic E-state index is 0. The number of carbonyl (C=O) groups excluding carboxylic acids is 1. The highest BCUT2D eigenvalue weighted by Gasteiger charge is 2.27. The van der Waals surface area contributed by atoms with E-state index in [2.05, 4.69) is 4.98 Å². The fraction of sp³-hybridized carbons (Fsp3) is 0.375. The highest BCUT2D eigenvalue weighted by atomic mass is 35.5. The van der Waals surface area contributed by atoms with Gasteiger partial charge in [0, 0.05) is 24.9 Å². The van der Waals surface area contributed by atoms with Crippen molar-refractivity contribution in [1.82, 2.24) is 9.88 Å². The first kappa shape index (κ1) is 20.8. The molecule has 1 aliphatic heterocycles. The minimum atomic E-state index is -0.248. The molecule has 4 nitrogen and oxygen atoms in total. The number of likely N-dealkylation sites (tertiary alicyclic amines) is 1. The standard InChI is InChI=1S/C16H18FN3OS.2ClH/c17-13-3-1-11(2-4-13)7-15-19-14(10-22-15)16(21)20-6-5-12(8-18)9-20;;/h1-4,10,12H,5-9,18H2;2*1H. The number of rotatable bonds is 4. The number of halogens is 3. The molecule has 1 aromatic heterocycles. The van der Waals surface area contributed by atoms with Crippen molar-refractivity contribution < 1.29 is 9.18 Å². The van der Waals surface area contributed by atoms with Crippen LogP contribution < -0.4 is 5.73 Å². The van der Waals surface area contributed by atoms with E-state index in [0.29, 0.717) is 24.6 Å². The molecular weight excluding hydrogens is 372 g/mol. The highest BCUT2D eigenvalue weighted by Crippen LogP contribution is 2.20. The van der Waals surface area contributed by atoms with Gasteiger partial charge in [-0.1, -0.05) is 12.1 Å². The first-order valence-corrected chi connectivity index (χ1v) is 8.22. The van der Waals surface area contributed by atoms with Crippen LogP contribution in [0.4, 0.5) is 4.39 Å². The van der Waals surface area contributed by atoms with E-state index >= 15 is 0 Å². The van der Waals surface area contributed by atoms with Gasteiger partial charge in [-0.3, -0.25) is 4.79 Å². The molecule has 0 saturated carbocycles. The largest absolute Gasteiger partial charge is 0.337 e. The number of hydrogen-bond acceptors (Lipinski definition) is 4. The zero-order valence-corrected chi connectivity index (χ0v) is 15.4. The highest BCUT2D eigenvalue weighted by molar-refractivity contribution is 7.09. The summed E-state index contributed by atoms with van der Waals surface area (Å²) >= 11 is 1.47. The van der Waals surface area contributed by atoms with Crippen LogP contribution in [0, 0.1) is 11.7 Å². The molecule has 2 heterocycles. The molecule has 24 heavy (non-hydrogen) atoms. The molecule has 1 aromatic carbocycles. The zero-order valence-electron chi connectivity index (χ0n) is 13.0. The van der Waals surface area contributed by atoms with Crippen molar-refractivity contribution >= 4 is 42.1 Å². The Labute approximate surface area is 157 Å². The first-order valence-electron chi connectivity index (χ1n) is 7.34. The van der Waals surface area contributed by atoms with Crippen molar-refractivity contribution in [2.75, 3.05) is 19.6 Å². The molecule has 1 saturated heterocycles. The maximum absolute atomic E-state index is 12.9. The molecule has 2 aromatic rings. The third-order valence-corrected chi connectivity index (χ3v) is 4.79. The summed E-state index contributed by atoms with van der Waals surface area (Å²) in [5.74, 6) is 0.140. The Morgan fingerprint density at radius 2 is 2.04 bits per heavy atom. The van der Waals surface area contributed by atoms with Crippen LogP contribution in [0.15, 0.2) is 29.6 Å². The lowest BCUT2D eigenvalue weighted by Crippen LogP contribution is -2.30. The summed E-state index contributed by atoms with van der Waals surface area (Å²) in [6, 6.07) is 6.35. The Kier molecular flexibility index (Phi) is 8.09. The summed E-state index contributed by atoms with van der Waals surface area (Å²) in [7, 11) is 0. The van der Waals surface area contributed by atoms with E-state index < -0.39 is 0 Å². The number of nitrogens with zero attached hydrogens (tertiary/aromatic N) is 2. The number of carbonyl (C=O) groups is 1. The molecule has 1 unspecified atom stereocenters. The number of nitrogens with two attached hydrogens (primary N) is 1. The predicted octanol–water partition coefficient (Wildman–Crippen LogP) is 3.14. The number of hydrogen-bond donors (Lipinski definition) is 1. The van der Waals surface area contributed by atoms with E-state index in [1.54, 1.807) is 17.5 Å². The Balaban J connectivity index is 0.00000144. The summed E-state index contributed by atoms with van der Waals surface area (Å²) < 4.78 is 12.9. The monoisotopic (exact) mass is 391 g/mol. The average Bonchev–Trinajstić information content (AvgIpc) is 3.18. The molecule has 0 spiro atoms. The molecule has 1 fully saturated rings. The summed E-state index contributed by atoms with van der Waals surface area (Å²) in [6.45, 7) is 2.10. The van der Waals surface area contributed by atoms with Gasteiger partial charge < -0.3 is 10.6 Å². The maximum atomic E-state index is 12.9. The second kappa shape index (κ2) is 9.32. The van der Waals surface area contributed by atoms with Crippen molar-refractivity contribution in [3.63, 3.8) is 0 Å². The van der Waals surface area contributed by atoms with Crippen LogP contribution in [-0.4, -0.2) is 35.4 Å². The minimum Gasteiger partial charge on any atom is -0.337 e. The van der Waals surface area contributed by atoms with Crippen molar-refractivity contribution in [3.8, 4) is 0 Å². The van der Waals surface area contributed by atoms with Gasteiger partial charge in [-0.15, -0.1) is 36.2 Å². The van der Waals surface area contributed by atoms with Crippen molar-refractivity contribution in [2.24, 2.45) is 11.7 Å². The number of thiazole rings is 1. The Bertz CT molecular complexity index is 666. The Hall–Kier alpha value is -1.21. The quantitative estimate of drug-likeness (QED) is 0.870. The van der Waals surface area contributed by atoms with Crippen LogP contribution in [-0.2, 0) is 6.42 Å². The second-order valence-corrected chi connectivity index (χ2v) is 6.51. The average molecular weight is 392 g/mol. The molecule has 1 amide bonds. The lowest BCUT2D eigenvalue weighted by Gasteiger charge is -2.14. The smallest absolute Gasteiger partial charge is 0.273 e. The molecule has 1 aliphatic rings. The first-order chi connectivity index (χ1) is 10.7. The molecule has 8 heteroatoms. The van der Waals surface area contributed by atoms with Crippen molar-refractivity contribution in [3.05, 3.63) is 51.7 Å². The summed E-state index contributed by atoms with van der Waals surface area (Å²) in [5, 5.41) is 2.67. The van der Waals surface area contributed by atoms with Gasteiger partial charge in [-0.05, 0) is 36.6 Å². The molecule has 0 bridgehead atoms. The van der Waals surface area contributed by atoms with Crippen molar-refractivity contribution in [1.29, 1.82) is 0 Å². The molecule has 132 valence electrons. The van der Waals surface area contributed by atoms with E-state index in [1.165, 1.54) is 23.5 Å². The fourth-order valence-electron chi connectivity index (χ4n) is 2.64. The van der Waals surface area contributed by atoms with Crippen LogP contribution in [0.3, 0.4) is 0 Å². The van der Waals surface area contributed by atoms with Crippen molar-refractivity contribution in [2.45, 2.75) is 12.8 Å². The molecule has 2 N–H and O–H groups in total. The van der Waals surface area contributed by atoms with Gasteiger partial charge in [-0.25, -0.2) is 9.37 Å². The summed E-state index contributed by atoms with van der Waals surface area (Å²) in [4.78, 5) is 18.7. The van der Waals surface area contributed by atoms with Crippen LogP contribution >= 0.6 is 36.2 Å². The van der Waals surface area contributed by atoms with E-state index in [0.717, 1.165) is 30.1 Å². The second-order valence-electron chi connectivity index (χ2n) is 5.57. The number of aromatic nitrogens is 1. The van der Waals surface area contributed by atoms with E-state index in [1.807, 2.05) is 4.90 Å². The Morgan fingerprint density at radius 1 is 1.33 bits per heavy atom. The van der Waals surface area contributed by atoms with Gasteiger partial charge in [0.25, 0.3) is 5.91 Å². The van der Waals surface area contributed by atoms with E-state index in [4.69, 9.17) is 5.73 Å². The predicted molar refractivity (Wildman–Crippen MR) is 98.9 cm³/mol. The fourth-order valence-corrected chi connectivity index (χ4v) is 3.44. The van der Waals surface area contributed by atoms with Gasteiger partial charge in [0.15, 0.2) is 0 Å². The normalized spacial score (nSPS) is 16.4. The Morgan fingerprint density at radius 3 is 2.67 bits per heavy atom. The van der Waals surface area contributed by atoms with E-state index in [-0.39, 0.29) is 36.5 Å². The van der Waals surface area contributed by atoms with Crippen LogP contribution in [0.25, 0.3) is 0 Å². The van der Waals surface area contributed by atoms with Gasteiger partial charge >= 0.3 is 0 Å². The third-order valence-electron chi connectivity index (χ3n) is 3.95. The van der Waals surface area contributed by atoms with Crippen LogP contribution in [0.1, 0.15) is 27.5 Å². The number of benzene rings is 1. The summed E-state index contributed by atoms with van der Waals surface area (Å²) in [5.41, 5.74) is 7.14. The van der Waals surface area contributed by atoms with Crippen LogP contribution in [0.2, 0.25) is 0 Å². The molecule has 3 rings (SSSR count). The molecular formula is C16H20Cl2FN3OS. The van der Waals surface area contributed by atoms with Crippen LogP contribution in [0.5, 0.6) is 0 Å². The molecule has 1 atom stereocenters. The zero-order chi connectivity index (χ0) is 15.5. The molecule has 0 aliphatic carbocycles. The van der Waals surface area contributed by atoms with Gasteiger partial charge in [0.2, 0.25) is 0 Å². The van der Waals surface area contributed by atoms with Gasteiger partial charge in [0.05, 0.1) is 5.01 Å². The molecule has 0 radical (unpaired) electrons. The van der Waals surface area contributed by atoms with Gasteiger partial charge in [-0.2, -0.15) is 0 Å². The number of amides is 1. The third kappa shape index (κ3) is 4.89. The van der Waals surface area contributed by atoms with E-state index in [9.17, 15) is 9.18 Å². The summed E-state index contributed by atoms with van der Waals surface area (Å²) in [6.07, 6.45) is 1.58. The topological polar surface area (TPSA) is 59.2 Å². The lowest BCUT2D eigenvalue weighted by molar-refractivity contribution is 0.0782. The maximum Gasteiger partial charge on any atom is 0.273 e. The lowest BCUT2D eigenvalue weighted by atomic mass is 10.1. The SMILES string of the molecule is Cl.Cl.NCC1CCN(C(=O)c2csc(Cc3ccc(F)cc3)n2)C1. The van der Waals surface area contributed by atoms with Gasteiger partial charge in [0.1, 0.15) is 11.5 Å².